The Bertz CT molecular complexity index is 941. The zero-order valence-corrected chi connectivity index (χ0v) is 17.8. The Hall–Kier alpha value is -2.71. The van der Waals surface area contributed by atoms with Crippen LogP contribution in [0.3, 0.4) is 0 Å². The minimum atomic E-state index is -3.78. The lowest BCUT2D eigenvalue weighted by molar-refractivity contribution is -0.131. The lowest BCUT2D eigenvalue weighted by atomic mass is 10.2. The fourth-order valence-corrected chi connectivity index (χ4v) is 3.89. The summed E-state index contributed by atoms with van der Waals surface area (Å²) in [5.41, 5.74) is 1.04. The molecule has 0 aliphatic carbocycles. The van der Waals surface area contributed by atoms with E-state index in [9.17, 15) is 18.0 Å². The van der Waals surface area contributed by atoms with Gasteiger partial charge in [0.1, 0.15) is 0 Å². The molecule has 7 nitrogen and oxygen atoms in total. The molecule has 2 rings (SSSR count). The van der Waals surface area contributed by atoms with E-state index in [1.165, 1.54) is 36.2 Å². The first-order chi connectivity index (χ1) is 13.8. The predicted octanol–water partition coefficient (Wildman–Crippen LogP) is 2.11. The van der Waals surface area contributed by atoms with E-state index in [1.54, 1.807) is 4.90 Å². The minimum absolute atomic E-state index is 0.00255. The molecule has 2 aromatic carbocycles. The standard InChI is InChI=1S/C21H27N3O4S/c1-4-24(5-2)20(25)16-23(3)21(26)18-12-9-13-19(14-18)29(27,28)22-15-17-10-7-6-8-11-17/h6-14,22H,4-5,15-16H2,1-3H3. The van der Waals surface area contributed by atoms with Crippen LogP contribution in [0.5, 0.6) is 0 Å². The minimum Gasteiger partial charge on any atom is -0.342 e. The third kappa shape index (κ3) is 6.13. The van der Waals surface area contributed by atoms with Crippen LogP contribution in [0.1, 0.15) is 29.8 Å². The molecule has 0 saturated carbocycles. The number of nitrogens with zero attached hydrogens (tertiary/aromatic N) is 2. The van der Waals surface area contributed by atoms with Crippen LogP contribution < -0.4 is 4.72 Å². The van der Waals surface area contributed by atoms with Gasteiger partial charge in [-0.15, -0.1) is 0 Å². The molecule has 2 aromatic rings. The van der Waals surface area contributed by atoms with Gasteiger partial charge < -0.3 is 9.80 Å². The first-order valence-electron chi connectivity index (χ1n) is 9.45. The quantitative estimate of drug-likeness (QED) is 0.677. The van der Waals surface area contributed by atoms with Gasteiger partial charge in [-0.05, 0) is 37.6 Å². The second-order valence-electron chi connectivity index (χ2n) is 6.57. The summed E-state index contributed by atoms with van der Waals surface area (Å²) >= 11 is 0. The largest absolute Gasteiger partial charge is 0.342 e. The summed E-state index contributed by atoms with van der Waals surface area (Å²) in [7, 11) is -2.25. The number of hydrogen-bond acceptors (Lipinski definition) is 4. The maximum Gasteiger partial charge on any atom is 0.254 e. The third-order valence-corrected chi connectivity index (χ3v) is 5.93. The zero-order valence-electron chi connectivity index (χ0n) is 17.0. The van der Waals surface area contributed by atoms with Crippen molar-refractivity contribution in [3.05, 3.63) is 65.7 Å². The highest BCUT2D eigenvalue weighted by atomic mass is 32.2. The molecule has 0 radical (unpaired) electrons. The van der Waals surface area contributed by atoms with Crippen LogP contribution in [0.4, 0.5) is 0 Å². The molecule has 0 unspecified atom stereocenters. The molecule has 29 heavy (non-hydrogen) atoms. The SMILES string of the molecule is CCN(CC)C(=O)CN(C)C(=O)c1cccc(S(=O)(=O)NCc2ccccc2)c1. The second kappa shape index (κ2) is 10.2. The number of rotatable bonds is 9. The van der Waals surface area contributed by atoms with E-state index in [1.807, 2.05) is 44.2 Å². The van der Waals surface area contributed by atoms with Crippen molar-refractivity contribution in [2.45, 2.75) is 25.3 Å². The molecule has 0 atom stereocenters. The van der Waals surface area contributed by atoms with Gasteiger partial charge >= 0.3 is 0 Å². The van der Waals surface area contributed by atoms with Crippen molar-refractivity contribution in [3.8, 4) is 0 Å². The molecule has 1 N–H and O–H groups in total. The maximum atomic E-state index is 12.7. The Morgan fingerprint density at radius 3 is 2.24 bits per heavy atom. The van der Waals surface area contributed by atoms with Gasteiger partial charge in [-0.2, -0.15) is 0 Å². The van der Waals surface area contributed by atoms with Crippen molar-refractivity contribution in [2.75, 3.05) is 26.7 Å². The number of hydrogen-bond donors (Lipinski definition) is 1. The molecule has 0 spiro atoms. The predicted molar refractivity (Wildman–Crippen MR) is 112 cm³/mol. The molecule has 0 aliphatic rings. The van der Waals surface area contributed by atoms with Gasteiger partial charge in [-0.3, -0.25) is 9.59 Å². The maximum absolute atomic E-state index is 12.7. The molecule has 0 aromatic heterocycles. The summed E-state index contributed by atoms with van der Waals surface area (Å²) in [5.74, 6) is -0.565. The molecular weight excluding hydrogens is 390 g/mol. The Labute approximate surface area is 172 Å². The van der Waals surface area contributed by atoms with Crippen LogP contribution in [0.2, 0.25) is 0 Å². The van der Waals surface area contributed by atoms with E-state index >= 15 is 0 Å². The normalized spacial score (nSPS) is 11.1. The summed E-state index contributed by atoms with van der Waals surface area (Å²) in [5, 5.41) is 0. The van der Waals surface area contributed by atoms with E-state index in [4.69, 9.17) is 0 Å². The number of benzene rings is 2. The average molecular weight is 418 g/mol. The zero-order chi connectivity index (χ0) is 21.4. The number of sulfonamides is 1. The number of carbonyl (C=O) groups is 2. The van der Waals surface area contributed by atoms with Gasteiger partial charge in [0.05, 0.1) is 11.4 Å². The summed E-state index contributed by atoms with van der Waals surface area (Å²) in [6, 6.07) is 15.0. The highest BCUT2D eigenvalue weighted by Gasteiger charge is 2.20. The molecule has 0 heterocycles. The Balaban J connectivity index is 2.11. The van der Waals surface area contributed by atoms with E-state index in [0.29, 0.717) is 13.1 Å². The van der Waals surface area contributed by atoms with Crippen molar-refractivity contribution < 1.29 is 18.0 Å². The summed E-state index contributed by atoms with van der Waals surface area (Å²) in [6.45, 7) is 4.97. The summed E-state index contributed by atoms with van der Waals surface area (Å²) < 4.78 is 27.7. The number of likely N-dealkylation sites (N-methyl/N-ethyl adjacent to an activating group) is 2. The van der Waals surface area contributed by atoms with Gasteiger partial charge in [-0.1, -0.05) is 36.4 Å². The molecule has 156 valence electrons. The molecule has 2 amide bonds. The average Bonchev–Trinajstić information content (AvgIpc) is 2.73. The first kappa shape index (κ1) is 22.6. The van der Waals surface area contributed by atoms with E-state index in [-0.39, 0.29) is 29.5 Å². The third-order valence-electron chi connectivity index (χ3n) is 4.54. The smallest absolute Gasteiger partial charge is 0.254 e. The highest BCUT2D eigenvalue weighted by Crippen LogP contribution is 2.14. The Kier molecular flexibility index (Phi) is 7.92. The van der Waals surface area contributed by atoms with E-state index in [0.717, 1.165) is 5.56 Å². The number of carbonyl (C=O) groups excluding carboxylic acids is 2. The first-order valence-corrected chi connectivity index (χ1v) is 10.9. The Morgan fingerprint density at radius 1 is 0.966 bits per heavy atom. The molecular formula is C21H27N3O4S. The van der Waals surface area contributed by atoms with Crippen molar-refractivity contribution in [3.63, 3.8) is 0 Å². The topological polar surface area (TPSA) is 86.8 Å². The molecule has 0 bridgehead atoms. The van der Waals surface area contributed by atoms with Gasteiger partial charge in [0.15, 0.2) is 0 Å². The number of nitrogens with one attached hydrogen (secondary N) is 1. The van der Waals surface area contributed by atoms with Gasteiger partial charge in [0.2, 0.25) is 15.9 Å². The molecule has 0 fully saturated rings. The summed E-state index contributed by atoms with van der Waals surface area (Å²) in [4.78, 5) is 27.8. The van der Waals surface area contributed by atoms with Crippen LogP contribution in [-0.4, -0.2) is 56.7 Å². The summed E-state index contributed by atoms with van der Waals surface area (Å²) in [6.07, 6.45) is 0. The van der Waals surface area contributed by atoms with Gasteiger partial charge in [0.25, 0.3) is 5.91 Å². The fourth-order valence-electron chi connectivity index (χ4n) is 2.83. The van der Waals surface area contributed by atoms with Crippen LogP contribution >= 0.6 is 0 Å². The Morgan fingerprint density at radius 2 is 1.62 bits per heavy atom. The van der Waals surface area contributed by atoms with Gasteiger partial charge in [-0.25, -0.2) is 13.1 Å². The second-order valence-corrected chi connectivity index (χ2v) is 8.33. The van der Waals surface area contributed by atoms with Crippen LogP contribution in [0, 0.1) is 0 Å². The van der Waals surface area contributed by atoms with Crippen molar-refractivity contribution in [1.82, 2.24) is 14.5 Å². The monoisotopic (exact) mass is 417 g/mol. The van der Waals surface area contributed by atoms with E-state index < -0.39 is 15.9 Å². The van der Waals surface area contributed by atoms with Gasteiger partial charge in [0, 0.05) is 32.2 Å². The lowest BCUT2D eigenvalue weighted by Crippen LogP contribution is -2.41. The van der Waals surface area contributed by atoms with Crippen molar-refractivity contribution in [2.24, 2.45) is 0 Å². The fraction of sp³-hybridized carbons (Fsp3) is 0.333. The number of amides is 2. The highest BCUT2D eigenvalue weighted by molar-refractivity contribution is 7.89. The van der Waals surface area contributed by atoms with Crippen molar-refractivity contribution >= 4 is 21.8 Å². The van der Waals surface area contributed by atoms with Crippen LogP contribution in [0.15, 0.2) is 59.5 Å². The molecule has 0 saturated heterocycles. The van der Waals surface area contributed by atoms with Crippen molar-refractivity contribution in [1.29, 1.82) is 0 Å². The van der Waals surface area contributed by atoms with Crippen LogP contribution in [0.25, 0.3) is 0 Å². The van der Waals surface area contributed by atoms with E-state index in [2.05, 4.69) is 4.72 Å². The molecule has 8 heteroatoms. The molecule has 0 aliphatic heterocycles. The van der Waals surface area contributed by atoms with Crippen LogP contribution in [-0.2, 0) is 21.4 Å². The lowest BCUT2D eigenvalue weighted by Gasteiger charge is -2.23.